The fourth-order valence-electron chi connectivity index (χ4n) is 3.58. The first-order valence-corrected chi connectivity index (χ1v) is 8.07. The van der Waals surface area contributed by atoms with Crippen LogP contribution >= 0.6 is 11.8 Å². The lowest BCUT2D eigenvalue weighted by Crippen LogP contribution is -2.34. The van der Waals surface area contributed by atoms with E-state index in [1.165, 1.54) is 25.0 Å². The minimum Gasteiger partial charge on any atom is -0.299 e. The molecule has 2 aliphatic heterocycles. The first-order valence-electron chi connectivity index (χ1n) is 7.12. The summed E-state index contributed by atoms with van der Waals surface area (Å²) in [5.41, 5.74) is 1.14. The van der Waals surface area contributed by atoms with Gasteiger partial charge in [0.15, 0.2) is 0 Å². The fraction of sp³-hybridized carbons (Fsp3) is 0.562. The molecule has 0 radical (unpaired) electrons. The van der Waals surface area contributed by atoms with Crippen LogP contribution in [0.1, 0.15) is 44.1 Å². The van der Waals surface area contributed by atoms with Crippen molar-refractivity contribution in [2.24, 2.45) is 5.92 Å². The SMILES string of the molecule is CCC(=O)[C@@H]1[C@@H]2CCC(C[C@@H]1c1ccc(F)cc1)S2. The molecule has 3 heteroatoms. The molecule has 0 aromatic heterocycles. The molecular formula is C16H19FOS. The Hall–Kier alpha value is -0.830. The van der Waals surface area contributed by atoms with E-state index in [-0.39, 0.29) is 11.7 Å². The zero-order valence-corrected chi connectivity index (χ0v) is 12.0. The number of carbonyl (C=O) groups is 1. The number of thioether (sulfide) groups is 1. The van der Waals surface area contributed by atoms with Crippen molar-refractivity contribution in [3.63, 3.8) is 0 Å². The smallest absolute Gasteiger partial charge is 0.137 e. The number of rotatable bonds is 3. The van der Waals surface area contributed by atoms with Gasteiger partial charge in [-0.15, -0.1) is 0 Å². The van der Waals surface area contributed by atoms with E-state index in [4.69, 9.17) is 0 Å². The maximum Gasteiger partial charge on any atom is 0.137 e. The Kier molecular flexibility index (Phi) is 3.66. The number of carbonyl (C=O) groups excluding carboxylic acids is 1. The van der Waals surface area contributed by atoms with Crippen LogP contribution in [-0.4, -0.2) is 16.3 Å². The maximum absolute atomic E-state index is 13.1. The molecule has 2 bridgehead atoms. The van der Waals surface area contributed by atoms with Gasteiger partial charge in [0.2, 0.25) is 0 Å². The summed E-state index contributed by atoms with van der Waals surface area (Å²) < 4.78 is 13.1. The van der Waals surface area contributed by atoms with Gasteiger partial charge in [0, 0.05) is 22.8 Å². The third kappa shape index (κ3) is 2.45. The summed E-state index contributed by atoms with van der Waals surface area (Å²) >= 11 is 2.01. The molecule has 2 aliphatic rings. The van der Waals surface area contributed by atoms with E-state index in [1.807, 2.05) is 30.8 Å². The molecule has 0 N–H and O–H groups in total. The van der Waals surface area contributed by atoms with Gasteiger partial charge in [-0.05, 0) is 42.9 Å². The molecule has 2 saturated heterocycles. The Labute approximate surface area is 118 Å². The van der Waals surface area contributed by atoms with Crippen molar-refractivity contribution in [2.75, 3.05) is 0 Å². The number of halogens is 1. The molecule has 0 aliphatic carbocycles. The van der Waals surface area contributed by atoms with Crippen LogP contribution in [-0.2, 0) is 4.79 Å². The van der Waals surface area contributed by atoms with E-state index < -0.39 is 0 Å². The predicted molar refractivity (Wildman–Crippen MR) is 76.9 cm³/mol. The summed E-state index contributed by atoms with van der Waals surface area (Å²) in [7, 11) is 0. The number of hydrogen-bond donors (Lipinski definition) is 0. The molecular weight excluding hydrogens is 259 g/mol. The lowest BCUT2D eigenvalue weighted by Gasteiger charge is -2.35. The van der Waals surface area contributed by atoms with Gasteiger partial charge in [-0.2, -0.15) is 11.8 Å². The largest absolute Gasteiger partial charge is 0.299 e. The summed E-state index contributed by atoms with van der Waals surface area (Å²) in [6.45, 7) is 1.95. The Balaban J connectivity index is 1.92. The average Bonchev–Trinajstić information content (AvgIpc) is 2.80. The predicted octanol–water partition coefficient (Wildman–Crippen LogP) is 4.17. The van der Waals surface area contributed by atoms with Crippen LogP contribution in [0.4, 0.5) is 4.39 Å². The number of hydrogen-bond acceptors (Lipinski definition) is 2. The molecule has 1 aromatic rings. The molecule has 19 heavy (non-hydrogen) atoms. The van der Waals surface area contributed by atoms with Crippen molar-refractivity contribution in [3.8, 4) is 0 Å². The Bertz CT molecular complexity index is 470. The van der Waals surface area contributed by atoms with Gasteiger partial charge < -0.3 is 0 Å². The number of ketones is 1. The summed E-state index contributed by atoms with van der Waals surface area (Å²) in [4.78, 5) is 12.3. The van der Waals surface area contributed by atoms with E-state index in [9.17, 15) is 9.18 Å². The van der Waals surface area contributed by atoms with Crippen LogP contribution in [0.25, 0.3) is 0 Å². The molecule has 2 fully saturated rings. The summed E-state index contributed by atoms with van der Waals surface area (Å²) in [6.07, 6.45) is 4.09. The highest BCUT2D eigenvalue weighted by atomic mass is 32.2. The van der Waals surface area contributed by atoms with Crippen LogP contribution in [0.15, 0.2) is 24.3 Å². The Morgan fingerprint density at radius 1 is 1.32 bits per heavy atom. The minimum absolute atomic E-state index is 0.138. The zero-order valence-electron chi connectivity index (χ0n) is 11.1. The van der Waals surface area contributed by atoms with E-state index in [0.717, 1.165) is 12.0 Å². The lowest BCUT2D eigenvalue weighted by molar-refractivity contribution is -0.123. The van der Waals surface area contributed by atoms with Crippen LogP contribution in [0.3, 0.4) is 0 Å². The maximum atomic E-state index is 13.1. The highest BCUT2D eigenvalue weighted by Gasteiger charge is 2.45. The quantitative estimate of drug-likeness (QED) is 0.825. The summed E-state index contributed by atoms with van der Waals surface area (Å²) in [6, 6.07) is 6.77. The highest BCUT2D eigenvalue weighted by Crippen LogP contribution is 2.53. The standard InChI is InChI=1S/C16H19FOS/c1-2-14(18)16-13(9-12-7-8-15(16)19-12)10-3-5-11(17)6-4-10/h3-6,12-13,15-16H,2,7-9H2,1H3/t12?,13-,15+,16-/m1/s1. The average molecular weight is 278 g/mol. The van der Waals surface area contributed by atoms with E-state index in [0.29, 0.717) is 28.6 Å². The van der Waals surface area contributed by atoms with Crippen LogP contribution in [0.5, 0.6) is 0 Å². The molecule has 102 valence electrons. The molecule has 0 amide bonds. The molecule has 2 heterocycles. The molecule has 4 atom stereocenters. The summed E-state index contributed by atoms with van der Waals surface area (Å²) in [5, 5.41) is 1.18. The van der Waals surface area contributed by atoms with Gasteiger partial charge in [-0.3, -0.25) is 4.79 Å². The second kappa shape index (κ2) is 5.28. The molecule has 0 spiro atoms. The third-order valence-electron chi connectivity index (χ3n) is 4.51. The van der Waals surface area contributed by atoms with E-state index in [1.54, 1.807) is 0 Å². The topological polar surface area (TPSA) is 17.1 Å². The first kappa shape index (κ1) is 13.2. The van der Waals surface area contributed by atoms with Crippen LogP contribution < -0.4 is 0 Å². The van der Waals surface area contributed by atoms with Crippen molar-refractivity contribution >= 4 is 17.5 Å². The van der Waals surface area contributed by atoms with Crippen LogP contribution in [0.2, 0.25) is 0 Å². The minimum atomic E-state index is -0.199. The molecule has 0 saturated carbocycles. The van der Waals surface area contributed by atoms with Gasteiger partial charge in [0.05, 0.1) is 0 Å². The van der Waals surface area contributed by atoms with Crippen molar-refractivity contribution in [3.05, 3.63) is 35.6 Å². The number of fused-ring (bicyclic) bond motifs is 2. The van der Waals surface area contributed by atoms with Crippen molar-refractivity contribution in [2.45, 2.75) is 49.0 Å². The van der Waals surface area contributed by atoms with Crippen molar-refractivity contribution in [1.29, 1.82) is 0 Å². The number of benzene rings is 1. The Morgan fingerprint density at radius 2 is 2.05 bits per heavy atom. The highest BCUT2D eigenvalue weighted by molar-refractivity contribution is 8.00. The van der Waals surface area contributed by atoms with E-state index >= 15 is 0 Å². The van der Waals surface area contributed by atoms with Gasteiger partial charge in [-0.1, -0.05) is 19.1 Å². The van der Waals surface area contributed by atoms with Gasteiger partial charge in [0.25, 0.3) is 0 Å². The lowest BCUT2D eigenvalue weighted by atomic mass is 9.78. The van der Waals surface area contributed by atoms with Gasteiger partial charge >= 0.3 is 0 Å². The summed E-state index contributed by atoms with van der Waals surface area (Å²) in [5.74, 6) is 0.619. The third-order valence-corrected chi connectivity index (χ3v) is 6.20. The molecule has 1 unspecified atom stereocenters. The molecule has 1 nitrogen and oxygen atoms in total. The fourth-order valence-corrected chi connectivity index (χ4v) is 5.45. The second-order valence-electron chi connectivity index (χ2n) is 5.61. The van der Waals surface area contributed by atoms with Gasteiger partial charge in [0.1, 0.15) is 11.6 Å². The number of Topliss-reactive ketones (excluding diaryl/α,β-unsaturated/α-hetero) is 1. The first-order chi connectivity index (χ1) is 9.19. The normalized spacial score (nSPS) is 33.4. The molecule has 3 rings (SSSR count). The van der Waals surface area contributed by atoms with E-state index in [2.05, 4.69) is 0 Å². The van der Waals surface area contributed by atoms with Crippen molar-refractivity contribution < 1.29 is 9.18 Å². The monoisotopic (exact) mass is 278 g/mol. The van der Waals surface area contributed by atoms with Crippen LogP contribution in [0, 0.1) is 11.7 Å². The van der Waals surface area contributed by atoms with Crippen molar-refractivity contribution in [1.82, 2.24) is 0 Å². The molecule has 1 aromatic carbocycles. The second-order valence-corrected chi connectivity index (χ2v) is 7.16. The van der Waals surface area contributed by atoms with Gasteiger partial charge in [-0.25, -0.2) is 4.39 Å². The Morgan fingerprint density at radius 3 is 2.74 bits per heavy atom. The zero-order chi connectivity index (χ0) is 13.4.